The first-order valence-corrected chi connectivity index (χ1v) is 3.90. The monoisotopic (exact) mass is 159 g/mol. The van der Waals surface area contributed by atoms with E-state index in [-0.39, 0.29) is 24.0 Å². The van der Waals surface area contributed by atoms with Gasteiger partial charge in [0.2, 0.25) is 5.91 Å². The van der Waals surface area contributed by atoms with E-state index in [1.54, 1.807) is 6.92 Å². The highest BCUT2D eigenvalue weighted by atomic mass is 16.3. The van der Waals surface area contributed by atoms with Gasteiger partial charge < -0.3 is 10.4 Å². The van der Waals surface area contributed by atoms with Crippen LogP contribution in [0, 0.1) is 5.92 Å². The molecule has 0 rings (SSSR count). The molecule has 0 saturated carbocycles. The summed E-state index contributed by atoms with van der Waals surface area (Å²) in [5.41, 5.74) is 0. The van der Waals surface area contributed by atoms with E-state index in [2.05, 4.69) is 5.32 Å². The van der Waals surface area contributed by atoms with Gasteiger partial charge in [-0.15, -0.1) is 0 Å². The van der Waals surface area contributed by atoms with E-state index in [0.29, 0.717) is 0 Å². The van der Waals surface area contributed by atoms with E-state index < -0.39 is 0 Å². The number of hydrogen-bond acceptors (Lipinski definition) is 2. The molecule has 0 radical (unpaired) electrons. The Morgan fingerprint density at radius 3 is 2.09 bits per heavy atom. The molecule has 0 aliphatic heterocycles. The third kappa shape index (κ3) is 3.98. The first-order chi connectivity index (χ1) is 4.95. The number of hydrogen-bond donors (Lipinski definition) is 2. The van der Waals surface area contributed by atoms with Crippen LogP contribution in [-0.4, -0.2) is 23.2 Å². The third-order valence-electron chi connectivity index (χ3n) is 1.98. The van der Waals surface area contributed by atoms with Gasteiger partial charge in [-0.25, -0.2) is 0 Å². The smallest absolute Gasteiger partial charge is 0.217 e. The molecule has 3 nitrogen and oxygen atoms in total. The van der Waals surface area contributed by atoms with Gasteiger partial charge in [0.1, 0.15) is 0 Å². The van der Waals surface area contributed by atoms with Crippen molar-refractivity contribution < 1.29 is 9.90 Å². The van der Waals surface area contributed by atoms with Gasteiger partial charge in [0.05, 0.1) is 6.10 Å². The van der Waals surface area contributed by atoms with Gasteiger partial charge in [0.25, 0.3) is 0 Å². The Bertz CT molecular complexity index is 134. The van der Waals surface area contributed by atoms with E-state index in [1.165, 1.54) is 6.92 Å². The van der Waals surface area contributed by atoms with Crippen LogP contribution in [0.2, 0.25) is 0 Å². The maximum Gasteiger partial charge on any atom is 0.217 e. The number of amides is 1. The Morgan fingerprint density at radius 1 is 1.36 bits per heavy atom. The van der Waals surface area contributed by atoms with Crippen molar-refractivity contribution in [1.29, 1.82) is 0 Å². The Morgan fingerprint density at radius 2 is 1.82 bits per heavy atom. The molecular formula is C8H17NO2. The lowest BCUT2D eigenvalue weighted by atomic mass is 9.98. The van der Waals surface area contributed by atoms with E-state index in [4.69, 9.17) is 5.11 Å². The summed E-state index contributed by atoms with van der Waals surface area (Å²) in [6, 6.07) is 0.0347. The van der Waals surface area contributed by atoms with Gasteiger partial charge >= 0.3 is 0 Å². The van der Waals surface area contributed by atoms with E-state index in [9.17, 15) is 4.79 Å². The molecule has 0 aliphatic rings. The zero-order chi connectivity index (χ0) is 9.02. The Labute approximate surface area is 67.8 Å². The van der Waals surface area contributed by atoms with Crippen LogP contribution in [0.25, 0.3) is 0 Å². The molecular weight excluding hydrogens is 142 g/mol. The summed E-state index contributed by atoms with van der Waals surface area (Å²) in [5.74, 6) is 0.0453. The molecule has 1 amide bonds. The van der Waals surface area contributed by atoms with Gasteiger partial charge in [-0.05, 0) is 13.8 Å². The fourth-order valence-corrected chi connectivity index (χ4v) is 0.870. The van der Waals surface area contributed by atoms with Crippen LogP contribution in [0.5, 0.6) is 0 Å². The summed E-state index contributed by atoms with van der Waals surface area (Å²) in [7, 11) is 0. The maximum atomic E-state index is 10.6. The van der Waals surface area contributed by atoms with Crippen molar-refractivity contribution in [2.75, 3.05) is 0 Å². The zero-order valence-electron chi connectivity index (χ0n) is 7.59. The second kappa shape index (κ2) is 4.34. The number of carbonyl (C=O) groups is 1. The van der Waals surface area contributed by atoms with E-state index in [1.807, 2.05) is 13.8 Å². The predicted molar refractivity (Wildman–Crippen MR) is 44.1 cm³/mol. The van der Waals surface area contributed by atoms with Crippen molar-refractivity contribution in [2.24, 2.45) is 5.92 Å². The molecule has 0 aliphatic carbocycles. The SMILES string of the molecule is CC(=O)NC(C)C(C)C(C)O. The highest BCUT2D eigenvalue weighted by Crippen LogP contribution is 2.07. The molecule has 0 bridgehead atoms. The molecule has 0 heterocycles. The molecule has 3 unspecified atom stereocenters. The first kappa shape index (κ1) is 10.4. The van der Waals surface area contributed by atoms with Gasteiger partial charge in [0.15, 0.2) is 0 Å². The van der Waals surface area contributed by atoms with Gasteiger partial charge in [-0.3, -0.25) is 4.79 Å². The normalized spacial score (nSPS) is 18.6. The van der Waals surface area contributed by atoms with Crippen LogP contribution in [0.15, 0.2) is 0 Å². The molecule has 0 aromatic carbocycles. The molecule has 0 spiro atoms. The fraction of sp³-hybridized carbons (Fsp3) is 0.875. The average Bonchev–Trinajstić information content (AvgIpc) is 1.84. The first-order valence-electron chi connectivity index (χ1n) is 3.90. The maximum absolute atomic E-state index is 10.6. The van der Waals surface area contributed by atoms with Crippen LogP contribution in [0.4, 0.5) is 0 Å². The molecule has 3 heteroatoms. The molecule has 3 atom stereocenters. The topological polar surface area (TPSA) is 49.3 Å². The summed E-state index contributed by atoms with van der Waals surface area (Å²) in [6.07, 6.45) is -0.378. The Balaban J connectivity index is 3.82. The van der Waals surface area contributed by atoms with Crippen LogP contribution in [0.3, 0.4) is 0 Å². The van der Waals surface area contributed by atoms with Gasteiger partial charge in [0, 0.05) is 18.9 Å². The van der Waals surface area contributed by atoms with Crippen molar-refractivity contribution >= 4 is 5.91 Å². The van der Waals surface area contributed by atoms with Crippen LogP contribution < -0.4 is 5.32 Å². The summed E-state index contributed by atoms with van der Waals surface area (Å²) in [4.78, 5) is 10.6. The van der Waals surface area contributed by atoms with Crippen LogP contribution in [-0.2, 0) is 4.79 Å². The van der Waals surface area contributed by atoms with Gasteiger partial charge in [-0.1, -0.05) is 6.92 Å². The summed E-state index contributed by atoms with van der Waals surface area (Å²) in [5, 5.41) is 11.9. The van der Waals surface area contributed by atoms with Gasteiger partial charge in [-0.2, -0.15) is 0 Å². The average molecular weight is 159 g/mol. The number of aliphatic hydroxyl groups excluding tert-OH is 1. The highest BCUT2D eigenvalue weighted by Gasteiger charge is 2.17. The largest absolute Gasteiger partial charge is 0.393 e. The van der Waals surface area contributed by atoms with E-state index >= 15 is 0 Å². The zero-order valence-corrected chi connectivity index (χ0v) is 7.59. The minimum atomic E-state index is -0.378. The van der Waals surface area contributed by atoms with Crippen molar-refractivity contribution in [1.82, 2.24) is 5.32 Å². The van der Waals surface area contributed by atoms with Crippen molar-refractivity contribution in [3.63, 3.8) is 0 Å². The molecule has 66 valence electrons. The van der Waals surface area contributed by atoms with E-state index in [0.717, 1.165) is 0 Å². The minimum absolute atomic E-state index is 0.0347. The molecule has 2 N–H and O–H groups in total. The number of aliphatic hydroxyl groups is 1. The Kier molecular flexibility index (Phi) is 4.11. The second-order valence-electron chi connectivity index (χ2n) is 3.09. The molecule has 0 aromatic rings. The fourth-order valence-electron chi connectivity index (χ4n) is 0.870. The lowest BCUT2D eigenvalue weighted by molar-refractivity contribution is -0.120. The lowest BCUT2D eigenvalue weighted by Gasteiger charge is -2.22. The summed E-state index contributed by atoms with van der Waals surface area (Å²) < 4.78 is 0. The second-order valence-corrected chi connectivity index (χ2v) is 3.09. The number of rotatable bonds is 3. The molecule has 0 aromatic heterocycles. The van der Waals surface area contributed by atoms with Crippen molar-refractivity contribution in [2.45, 2.75) is 39.8 Å². The third-order valence-corrected chi connectivity index (χ3v) is 1.98. The lowest BCUT2D eigenvalue weighted by Crippen LogP contribution is -2.39. The Hall–Kier alpha value is -0.570. The van der Waals surface area contributed by atoms with Crippen LogP contribution in [0.1, 0.15) is 27.7 Å². The molecule has 0 saturated heterocycles. The van der Waals surface area contributed by atoms with Crippen molar-refractivity contribution in [3.8, 4) is 0 Å². The molecule has 0 fully saturated rings. The predicted octanol–water partition coefficient (Wildman–Crippen LogP) is 0.528. The minimum Gasteiger partial charge on any atom is -0.393 e. The number of nitrogens with one attached hydrogen (secondary N) is 1. The summed E-state index contributed by atoms with van der Waals surface area (Å²) in [6.45, 7) is 7.00. The standard InChI is InChI=1S/C8H17NO2/c1-5(7(3)10)6(2)9-8(4)11/h5-7,10H,1-4H3,(H,9,11). The highest BCUT2D eigenvalue weighted by molar-refractivity contribution is 5.73. The summed E-state index contributed by atoms with van der Waals surface area (Å²) >= 11 is 0. The molecule has 11 heavy (non-hydrogen) atoms. The quantitative estimate of drug-likeness (QED) is 0.631. The van der Waals surface area contributed by atoms with Crippen LogP contribution >= 0.6 is 0 Å². The number of carbonyl (C=O) groups excluding carboxylic acids is 1. The van der Waals surface area contributed by atoms with Crippen molar-refractivity contribution in [3.05, 3.63) is 0 Å².